The zero-order valence-corrected chi connectivity index (χ0v) is 18.1. The highest BCUT2D eigenvalue weighted by Crippen LogP contribution is 2.61. The molecule has 0 unspecified atom stereocenters. The van der Waals surface area contributed by atoms with E-state index in [0.29, 0.717) is 18.1 Å². The Balaban J connectivity index is 1.24. The Morgan fingerprint density at radius 1 is 0.931 bits per heavy atom. The summed E-state index contributed by atoms with van der Waals surface area (Å²) < 4.78 is 6.16. The monoisotopic (exact) mass is 409 g/mol. The van der Waals surface area contributed by atoms with Crippen molar-refractivity contribution in [2.75, 3.05) is 0 Å². The third-order valence-corrected chi connectivity index (χ3v) is 8.29. The van der Waals surface area contributed by atoms with Crippen LogP contribution in [0.1, 0.15) is 56.6 Å². The lowest BCUT2D eigenvalue weighted by molar-refractivity contribution is -0.0706. The standard InChI is InChI=1S/C26H32ClNO/c1-18(26-13-19-10-20(14-26)12-21(11-19)15-26)28-16-22-6-3-5-9-25(22)29-17-23-7-2-4-8-24(23)27/h2-9,18-21,28H,10-17H2,1H3/t18-,19?,20?,21?,26?/m0/s1. The molecule has 4 bridgehead atoms. The zero-order valence-electron chi connectivity index (χ0n) is 17.4. The predicted octanol–water partition coefficient (Wildman–Crippen LogP) is 6.61. The average molecular weight is 410 g/mol. The lowest BCUT2D eigenvalue weighted by Gasteiger charge is -2.59. The first-order chi connectivity index (χ1) is 14.1. The molecule has 1 atom stereocenters. The van der Waals surface area contributed by atoms with Gasteiger partial charge in [-0.25, -0.2) is 0 Å². The van der Waals surface area contributed by atoms with E-state index >= 15 is 0 Å². The van der Waals surface area contributed by atoms with Crippen LogP contribution < -0.4 is 10.1 Å². The van der Waals surface area contributed by atoms with Crippen molar-refractivity contribution in [2.24, 2.45) is 23.2 Å². The molecule has 0 amide bonds. The van der Waals surface area contributed by atoms with Crippen LogP contribution in [0.2, 0.25) is 5.02 Å². The van der Waals surface area contributed by atoms with E-state index in [4.69, 9.17) is 16.3 Å². The van der Waals surface area contributed by atoms with Crippen molar-refractivity contribution >= 4 is 11.6 Å². The van der Waals surface area contributed by atoms with Crippen molar-refractivity contribution in [1.29, 1.82) is 0 Å². The van der Waals surface area contributed by atoms with Crippen molar-refractivity contribution in [3.05, 3.63) is 64.7 Å². The fourth-order valence-corrected chi connectivity index (χ4v) is 6.94. The summed E-state index contributed by atoms with van der Waals surface area (Å²) in [5.41, 5.74) is 2.79. The summed E-state index contributed by atoms with van der Waals surface area (Å²) in [4.78, 5) is 0. The third kappa shape index (κ3) is 3.94. The van der Waals surface area contributed by atoms with Gasteiger partial charge in [-0.05, 0) is 80.8 Å². The van der Waals surface area contributed by atoms with E-state index in [2.05, 4.69) is 30.4 Å². The number of halogens is 1. The lowest BCUT2D eigenvalue weighted by Crippen LogP contribution is -2.54. The number of nitrogens with one attached hydrogen (secondary N) is 1. The minimum Gasteiger partial charge on any atom is -0.489 e. The summed E-state index contributed by atoms with van der Waals surface area (Å²) in [6, 6.07) is 16.9. The molecule has 4 fully saturated rings. The number of para-hydroxylation sites is 1. The van der Waals surface area contributed by atoms with Crippen molar-refractivity contribution in [2.45, 2.75) is 64.6 Å². The smallest absolute Gasteiger partial charge is 0.124 e. The van der Waals surface area contributed by atoms with Gasteiger partial charge in [0.1, 0.15) is 12.4 Å². The highest BCUT2D eigenvalue weighted by atomic mass is 35.5. The van der Waals surface area contributed by atoms with Crippen molar-refractivity contribution in [1.82, 2.24) is 5.32 Å². The molecular formula is C26H32ClNO. The van der Waals surface area contributed by atoms with Crippen LogP contribution in [0, 0.1) is 23.2 Å². The van der Waals surface area contributed by atoms with E-state index < -0.39 is 0 Å². The van der Waals surface area contributed by atoms with E-state index in [1.807, 2.05) is 30.3 Å². The molecule has 4 aliphatic carbocycles. The summed E-state index contributed by atoms with van der Waals surface area (Å²) in [5.74, 6) is 3.95. The lowest BCUT2D eigenvalue weighted by atomic mass is 9.48. The van der Waals surface area contributed by atoms with Gasteiger partial charge in [-0.1, -0.05) is 48.0 Å². The highest BCUT2D eigenvalue weighted by molar-refractivity contribution is 6.31. The van der Waals surface area contributed by atoms with Gasteiger partial charge in [-0.15, -0.1) is 0 Å². The number of benzene rings is 2. The number of hydrogen-bond donors (Lipinski definition) is 1. The van der Waals surface area contributed by atoms with Crippen LogP contribution in [0.25, 0.3) is 0 Å². The molecule has 4 aliphatic rings. The molecule has 0 saturated heterocycles. The summed E-state index contributed by atoms with van der Waals surface area (Å²) in [6.45, 7) is 3.79. The van der Waals surface area contributed by atoms with Gasteiger partial charge in [0.2, 0.25) is 0 Å². The summed E-state index contributed by atoms with van der Waals surface area (Å²) >= 11 is 6.29. The first-order valence-corrected chi connectivity index (χ1v) is 11.7. The van der Waals surface area contributed by atoms with Crippen molar-refractivity contribution < 1.29 is 4.74 Å². The fourth-order valence-electron chi connectivity index (χ4n) is 6.75. The molecule has 0 spiro atoms. The second-order valence-electron chi connectivity index (χ2n) is 9.87. The van der Waals surface area contributed by atoms with Crippen LogP contribution in [-0.2, 0) is 13.2 Å². The minimum atomic E-state index is 0.501. The maximum absolute atomic E-state index is 6.29. The van der Waals surface area contributed by atoms with Gasteiger partial charge in [-0.2, -0.15) is 0 Å². The molecule has 0 aliphatic heterocycles. The zero-order chi connectivity index (χ0) is 19.8. The topological polar surface area (TPSA) is 21.3 Å². The highest BCUT2D eigenvalue weighted by Gasteiger charge is 2.52. The van der Waals surface area contributed by atoms with Gasteiger partial charge < -0.3 is 10.1 Å². The van der Waals surface area contributed by atoms with Gasteiger partial charge in [0.25, 0.3) is 0 Å². The maximum atomic E-state index is 6.29. The second kappa shape index (κ2) is 7.96. The Morgan fingerprint density at radius 3 is 2.17 bits per heavy atom. The molecule has 1 N–H and O–H groups in total. The summed E-state index contributed by atoms with van der Waals surface area (Å²) in [7, 11) is 0. The van der Waals surface area contributed by atoms with E-state index in [0.717, 1.165) is 40.6 Å². The molecule has 6 rings (SSSR count). The SMILES string of the molecule is C[C@H](NCc1ccccc1OCc1ccccc1Cl)C12CC3CC(CC(C3)C1)C2. The molecule has 2 aromatic carbocycles. The van der Waals surface area contributed by atoms with Gasteiger partial charge in [0.15, 0.2) is 0 Å². The van der Waals surface area contributed by atoms with Crippen molar-refractivity contribution in [3.63, 3.8) is 0 Å². The first kappa shape index (κ1) is 19.5. The molecule has 154 valence electrons. The minimum absolute atomic E-state index is 0.501. The van der Waals surface area contributed by atoms with Gasteiger partial charge in [0, 0.05) is 28.7 Å². The van der Waals surface area contributed by atoms with E-state index in [1.165, 1.54) is 44.1 Å². The summed E-state index contributed by atoms with van der Waals surface area (Å²) in [6.07, 6.45) is 8.84. The molecule has 3 heteroatoms. The largest absolute Gasteiger partial charge is 0.489 e. The number of rotatable bonds is 7. The van der Waals surface area contributed by atoms with Crippen LogP contribution >= 0.6 is 11.6 Å². The van der Waals surface area contributed by atoms with Crippen molar-refractivity contribution in [3.8, 4) is 5.75 Å². The molecular weight excluding hydrogens is 378 g/mol. The Bertz CT molecular complexity index is 828. The van der Waals surface area contributed by atoms with Gasteiger partial charge >= 0.3 is 0 Å². The third-order valence-electron chi connectivity index (χ3n) is 7.92. The molecule has 4 saturated carbocycles. The predicted molar refractivity (Wildman–Crippen MR) is 119 cm³/mol. The first-order valence-electron chi connectivity index (χ1n) is 11.3. The fraction of sp³-hybridized carbons (Fsp3) is 0.538. The van der Waals surface area contributed by atoms with Gasteiger partial charge in [-0.3, -0.25) is 0 Å². The average Bonchev–Trinajstić information content (AvgIpc) is 2.71. The molecule has 29 heavy (non-hydrogen) atoms. The number of ether oxygens (including phenoxy) is 1. The Labute approximate surface area is 180 Å². The second-order valence-corrected chi connectivity index (χ2v) is 10.3. The van der Waals surface area contributed by atoms with Crippen LogP contribution in [0.3, 0.4) is 0 Å². The Kier molecular flexibility index (Phi) is 5.34. The molecule has 0 radical (unpaired) electrons. The molecule has 0 heterocycles. The van der Waals surface area contributed by atoms with Crippen LogP contribution in [0.4, 0.5) is 0 Å². The molecule has 2 nitrogen and oxygen atoms in total. The van der Waals surface area contributed by atoms with Gasteiger partial charge in [0.05, 0.1) is 0 Å². The Hall–Kier alpha value is -1.51. The Morgan fingerprint density at radius 2 is 1.52 bits per heavy atom. The van der Waals surface area contributed by atoms with Crippen LogP contribution in [0.15, 0.2) is 48.5 Å². The van der Waals surface area contributed by atoms with E-state index in [9.17, 15) is 0 Å². The maximum Gasteiger partial charge on any atom is 0.124 e. The summed E-state index contributed by atoms with van der Waals surface area (Å²) in [5, 5.41) is 4.66. The van der Waals surface area contributed by atoms with Crippen LogP contribution in [0.5, 0.6) is 5.75 Å². The van der Waals surface area contributed by atoms with E-state index in [-0.39, 0.29) is 0 Å². The number of hydrogen-bond acceptors (Lipinski definition) is 2. The molecule has 2 aromatic rings. The van der Waals surface area contributed by atoms with E-state index in [1.54, 1.807) is 0 Å². The normalized spacial score (nSPS) is 31.0. The quantitative estimate of drug-likeness (QED) is 0.555. The molecule has 0 aromatic heterocycles. The van der Waals surface area contributed by atoms with Crippen LogP contribution in [-0.4, -0.2) is 6.04 Å².